The number of aryl methyl sites for hydroxylation is 1. The molecule has 1 heterocycles. The van der Waals surface area contributed by atoms with Gasteiger partial charge in [0.15, 0.2) is 5.69 Å². The number of hydrogen-bond donors (Lipinski definition) is 1. The molecule has 0 aliphatic carbocycles. The lowest BCUT2D eigenvalue weighted by Crippen LogP contribution is -2.11. The van der Waals surface area contributed by atoms with Crippen molar-refractivity contribution in [3.8, 4) is 11.5 Å². The van der Waals surface area contributed by atoms with Crippen molar-refractivity contribution < 1.29 is 19.4 Å². The van der Waals surface area contributed by atoms with Gasteiger partial charge >= 0.3 is 5.97 Å². The Bertz CT molecular complexity index is 624. The fourth-order valence-electron chi connectivity index (χ4n) is 1.88. The maximum Gasteiger partial charge on any atom is 0.358 e. The number of carboxylic acids is 1. The first-order valence-electron chi connectivity index (χ1n) is 6.58. The van der Waals surface area contributed by atoms with E-state index >= 15 is 0 Å². The summed E-state index contributed by atoms with van der Waals surface area (Å²) in [4.78, 5) is 11.2. The number of rotatable bonds is 7. The van der Waals surface area contributed by atoms with E-state index in [0.29, 0.717) is 23.7 Å². The Morgan fingerprint density at radius 1 is 1.38 bits per heavy atom. The van der Waals surface area contributed by atoms with Crippen LogP contribution in [0, 0.1) is 0 Å². The van der Waals surface area contributed by atoms with Crippen LogP contribution >= 0.6 is 0 Å². The Morgan fingerprint density at radius 3 is 2.81 bits per heavy atom. The molecule has 0 radical (unpaired) electrons. The van der Waals surface area contributed by atoms with E-state index < -0.39 is 5.97 Å². The zero-order valence-electron chi connectivity index (χ0n) is 11.9. The van der Waals surface area contributed by atoms with E-state index in [1.54, 1.807) is 36.1 Å². The lowest BCUT2D eigenvalue weighted by atomic mass is 10.3. The molecule has 0 saturated carbocycles. The van der Waals surface area contributed by atoms with E-state index in [0.717, 1.165) is 6.42 Å². The van der Waals surface area contributed by atoms with E-state index in [9.17, 15) is 4.79 Å². The normalized spacial score (nSPS) is 10.4. The minimum atomic E-state index is -1.11. The van der Waals surface area contributed by atoms with Gasteiger partial charge in [0.2, 0.25) is 0 Å². The minimum absolute atomic E-state index is 0.0775. The molecule has 0 fully saturated rings. The number of methoxy groups -OCH3 is 1. The van der Waals surface area contributed by atoms with Gasteiger partial charge in [0.1, 0.15) is 23.8 Å². The average Bonchev–Trinajstić information content (AvgIpc) is 2.89. The predicted molar refractivity (Wildman–Crippen MR) is 74.6 cm³/mol. The fraction of sp³-hybridized carbons (Fsp3) is 0.357. The van der Waals surface area contributed by atoms with Gasteiger partial charge in [0.25, 0.3) is 0 Å². The van der Waals surface area contributed by atoms with Crippen LogP contribution in [0.4, 0.5) is 0 Å². The predicted octanol–water partition coefficient (Wildman–Crippen LogP) is 1.97. The monoisotopic (exact) mass is 291 g/mol. The van der Waals surface area contributed by atoms with Gasteiger partial charge in [0, 0.05) is 12.6 Å². The van der Waals surface area contributed by atoms with Gasteiger partial charge in [0.05, 0.1) is 7.11 Å². The van der Waals surface area contributed by atoms with Crippen molar-refractivity contribution in [2.24, 2.45) is 0 Å². The zero-order chi connectivity index (χ0) is 15.2. The summed E-state index contributed by atoms with van der Waals surface area (Å²) in [5, 5.41) is 16.7. The van der Waals surface area contributed by atoms with Crippen LogP contribution in [0.25, 0.3) is 0 Å². The summed E-state index contributed by atoms with van der Waals surface area (Å²) in [7, 11) is 1.57. The summed E-state index contributed by atoms with van der Waals surface area (Å²) in [5.41, 5.74) is 0.374. The van der Waals surface area contributed by atoms with Gasteiger partial charge in [-0.15, -0.1) is 5.10 Å². The van der Waals surface area contributed by atoms with E-state index in [1.807, 2.05) is 6.92 Å². The zero-order valence-corrected chi connectivity index (χ0v) is 11.9. The SMILES string of the molecule is CCCn1nnc(C(=O)O)c1COc1cccc(OC)c1. The summed E-state index contributed by atoms with van der Waals surface area (Å²) in [6.45, 7) is 2.66. The summed E-state index contributed by atoms with van der Waals surface area (Å²) < 4.78 is 12.3. The summed E-state index contributed by atoms with van der Waals surface area (Å²) in [6.07, 6.45) is 0.828. The highest BCUT2D eigenvalue weighted by molar-refractivity contribution is 5.86. The molecule has 2 aromatic rings. The van der Waals surface area contributed by atoms with Crippen molar-refractivity contribution in [2.75, 3.05) is 7.11 Å². The highest BCUT2D eigenvalue weighted by atomic mass is 16.5. The molecule has 0 spiro atoms. The van der Waals surface area contributed by atoms with Crippen LogP contribution in [0.1, 0.15) is 29.5 Å². The largest absolute Gasteiger partial charge is 0.497 e. The molecule has 112 valence electrons. The molecule has 0 amide bonds. The summed E-state index contributed by atoms with van der Waals surface area (Å²) in [6, 6.07) is 7.11. The average molecular weight is 291 g/mol. The van der Waals surface area contributed by atoms with Gasteiger partial charge in [-0.25, -0.2) is 9.48 Å². The second kappa shape index (κ2) is 6.74. The van der Waals surface area contributed by atoms with Gasteiger partial charge in [-0.1, -0.05) is 18.2 Å². The number of ether oxygens (including phenoxy) is 2. The summed E-state index contributed by atoms with van der Waals surface area (Å²) in [5.74, 6) is 0.155. The number of aromatic nitrogens is 3. The Kier molecular flexibility index (Phi) is 4.76. The van der Waals surface area contributed by atoms with Crippen LogP contribution < -0.4 is 9.47 Å². The second-order valence-electron chi connectivity index (χ2n) is 4.38. The molecule has 0 saturated heterocycles. The number of hydrogen-bond acceptors (Lipinski definition) is 5. The highest BCUT2D eigenvalue weighted by Crippen LogP contribution is 2.20. The first-order valence-corrected chi connectivity index (χ1v) is 6.58. The Hall–Kier alpha value is -2.57. The van der Waals surface area contributed by atoms with Crippen LogP contribution in [0.3, 0.4) is 0 Å². The molecule has 21 heavy (non-hydrogen) atoms. The maximum absolute atomic E-state index is 11.2. The Balaban J connectivity index is 2.17. The smallest absolute Gasteiger partial charge is 0.358 e. The van der Waals surface area contributed by atoms with Gasteiger partial charge < -0.3 is 14.6 Å². The van der Waals surface area contributed by atoms with Crippen molar-refractivity contribution in [1.82, 2.24) is 15.0 Å². The molecule has 0 atom stereocenters. The molecule has 1 aromatic heterocycles. The van der Waals surface area contributed by atoms with Crippen molar-refractivity contribution in [1.29, 1.82) is 0 Å². The first kappa shape index (κ1) is 14.8. The molecular formula is C14H17N3O4. The van der Waals surface area contributed by atoms with Crippen molar-refractivity contribution in [2.45, 2.75) is 26.5 Å². The van der Waals surface area contributed by atoms with Crippen LogP contribution in [-0.4, -0.2) is 33.2 Å². The van der Waals surface area contributed by atoms with Crippen molar-refractivity contribution in [3.63, 3.8) is 0 Å². The van der Waals surface area contributed by atoms with E-state index in [-0.39, 0.29) is 12.3 Å². The molecule has 1 aromatic carbocycles. The molecule has 0 aliphatic heterocycles. The molecular weight excluding hydrogens is 274 g/mol. The molecule has 0 aliphatic rings. The van der Waals surface area contributed by atoms with Crippen molar-refractivity contribution >= 4 is 5.97 Å². The number of nitrogens with zero attached hydrogens (tertiary/aromatic N) is 3. The lowest BCUT2D eigenvalue weighted by molar-refractivity contribution is 0.0687. The number of carbonyl (C=O) groups is 1. The standard InChI is InChI=1S/C14H17N3O4/c1-3-7-17-12(13(14(18)19)15-16-17)9-21-11-6-4-5-10(8-11)20-2/h4-6,8H,3,7,9H2,1-2H3,(H,18,19). The van der Waals surface area contributed by atoms with Crippen molar-refractivity contribution in [3.05, 3.63) is 35.7 Å². The number of carboxylic acid groups (broad SMARTS) is 1. The quantitative estimate of drug-likeness (QED) is 0.839. The van der Waals surface area contributed by atoms with Crippen LogP contribution in [0.2, 0.25) is 0 Å². The van der Waals surface area contributed by atoms with Crippen LogP contribution in [-0.2, 0) is 13.2 Å². The molecule has 7 heteroatoms. The Labute approximate surface area is 122 Å². The van der Waals surface area contributed by atoms with E-state index in [1.165, 1.54) is 0 Å². The molecule has 0 unspecified atom stereocenters. The Morgan fingerprint density at radius 2 is 2.14 bits per heavy atom. The molecule has 0 bridgehead atoms. The molecule has 2 rings (SSSR count). The minimum Gasteiger partial charge on any atom is -0.497 e. The molecule has 7 nitrogen and oxygen atoms in total. The molecule has 1 N–H and O–H groups in total. The second-order valence-corrected chi connectivity index (χ2v) is 4.38. The maximum atomic E-state index is 11.2. The van der Waals surface area contributed by atoms with Gasteiger partial charge in [-0.3, -0.25) is 0 Å². The van der Waals surface area contributed by atoms with E-state index in [4.69, 9.17) is 14.6 Å². The highest BCUT2D eigenvalue weighted by Gasteiger charge is 2.19. The third-order valence-electron chi connectivity index (χ3n) is 2.89. The van der Waals surface area contributed by atoms with E-state index in [2.05, 4.69) is 10.3 Å². The third-order valence-corrected chi connectivity index (χ3v) is 2.89. The van der Waals surface area contributed by atoms with Gasteiger partial charge in [-0.05, 0) is 18.6 Å². The third kappa shape index (κ3) is 3.50. The lowest BCUT2D eigenvalue weighted by Gasteiger charge is -2.09. The van der Waals surface area contributed by atoms with Crippen LogP contribution in [0.15, 0.2) is 24.3 Å². The number of benzene rings is 1. The summed E-state index contributed by atoms with van der Waals surface area (Å²) >= 11 is 0. The first-order chi connectivity index (χ1) is 10.2. The van der Waals surface area contributed by atoms with Gasteiger partial charge in [-0.2, -0.15) is 0 Å². The van der Waals surface area contributed by atoms with Crippen LogP contribution in [0.5, 0.6) is 11.5 Å². The fourth-order valence-corrected chi connectivity index (χ4v) is 1.88. The number of aromatic carboxylic acids is 1. The topological polar surface area (TPSA) is 86.5 Å².